The predicted molar refractivity (Wildman–Crippen MR) is 125 cm³/mol. The molecular weight excluding hydrogens is 445 g/mol. The largest absolute Gasteiger partial charge is 0.357 e. The Morgan fingerprint density at radius 2 is 1.76 bits per heavy atom. The molecule has 150 valence electrons. The molecule has 1 fully saturated rings. The lowest BCUT2D eigenvalue weighted by molar-refractivity contribution is 0.0900. The van der Waals surface area contributed by atoms with Crippen molar-refractivity contribution in [3.8, 4) is 0 Å². The molecule has 1 aliphatic heterocycles. The van der Waals surface area contributed by atoms with Gasteiger partial charge < -0.3 is 15.5 Å². The zero-order valence-electron chi connectivity index (χ0n) is 17.3. The molecule has 0 amide bonds. The van der Waals surface area contributed by atoms with E-state index in [1.54, 1.807) is 0 Å². The highest BCUT2D eigenvalue weighted by molar-refractivity contribution is 14.0. The van der Waals surface area contributed by atoms with Crippen LogP contribution in [0.15, 0.2) is 4.99 Å². The van der Waals surface area contributed by atoms with Crippen LogP contribution in [0.2, 0.25) is 0 Å². The fraction of sp³-hybridized carbons (Fsp3) is 0.944. The number of nitrogens with one attached hydrogen (secondary N) is 2. The SMILES string of the molecule is CCNC(=NCC(C)(C)SC)NCC(C(C)C)N1CCN(C)CC1.I. The Morgan fingerprint density at radius 1 is 1.16 bits per heavy atom. The van der Waals surface area contributed by atoms with E-state index in [0.717, 1.165) is 38.7 Å². The standard InChI is InChI=1S/C18H39N5S.HI/c1-8-19-17(21-14-18(4,5)24-7)20-13-16(15(2)3)23-11-9-22(6)10-12-23;/h15-16H,8-14H2,1-7H3,(H2,19,20,21);1H. The third-order valence-corrected chi connectivity index (χ3v) is 6.00. The molecule has 0 bridgehead atoms. The Bertz CT molecular complexity index is 382. The molecule has 5 nitrogen and oxygen atoms in total. The maximum absolute atomic E-state index is 4.79. The molecule has 0 aliphatic carbocycles. The normalized spacial score (nSPS) is 18.8. The molecule has 1 atom stereocenters. The van der Waals surface area contributed by atoms with Crippen molar-refractivity contribution in [2.24, 2.45) is 10.9 Å². The Hall–Kier alpha value is 0.270. The molecule has 0 aromatic heterocycles. The zero-order valence-corrected chi connectivity index (χ0v) is 20.4. The van der Waals surface area contributed by atoms with Crippen molar-refractivity contribution in [2.45, 2.75) is 45.4 Å². The lowest BCUT2D eigenvalue weighted by Crippen LogP contribution is -2.55. The van der Waals surface area contributed by atoms with Gasteiger partial charge >= 0.3 is 0 Å². The highest BCUT2D eigenvalue weighted by atomic mass is 127. The number of likely N-dealkylation sites (N-methyl/N-ethyl adjacent to an activating group) is 1. The molecule has 0 aromatic carbocycles. The number of aliphatic imine (C=N–C) groups is 1. The van der Waals surface area contributed by atoms with Gasteiger partial charge in [-0.3, -0.25) is 9.89 Å². The van der Waals surface area contributed by atoms with Crippen LogP contribution in [0.5, 0.6) is 0 Å². The van der Waals surface area contributed by atoms with Crippen molar-refractivity contribution in [1.29, 1.82) is 0 Å². The monoisotopic (exact) mass is 485 g/mol. The first kappa shape index (κ1) is 25.3. The van der Waals surface area contributed by atoms with Gasteiger partial charge in [0.25, 0.3) is 0 Å². The van der Waals surface area contributed by atoms with Crippen LogP contribution in [0, 0.1) is 5.92 Å². The number of hydrogen-bond acceptors (Lipinski definition) is 4. The maximum atomic E-state index is 4.79. The van der Waals surface area contributed by atoms with Gasteiger partial charge in [0.15, 0.2) is 5.96 Å². The van der Waals surface area contributed by atoms with Gasteiger partial charge in [-0.1, -0.05) is 13.8 Å². The third-order valence-electron chi connectivity index (χ3n) is 4.77. The van der Waals surface area contributed by atoms with Crippen LogP contribution in [0.25, 0.3) is 0 Å². The molecule has 2 N–H and O–H groups in total. The summed E-state index contributed by atoms with van der Waals surface area (Å²) in [6.07, 6.45) is 2.15. The smallest absolute Gasteiger partial charge is 0.191 e. The number of hydrogen-bond donors (Lipinski definition) is 2. The Balaban J connectivity index is 0.00000576. The van der Waals surface area contributed by atoms with E-state index in [9.17, 15) is 0 Å². The Morgan fingerprint density at radius 3 is 2.24 bits per heavy atom. The second-order valence-corrected chi connectivity index (χ2v) is 9.20. The van der Waals surface area contributed by atoms with E-state index in [1.165, 1.54) is 13.1 Å². The maximum Gasteiger partial charge on any atom is 0.191 e. The summed E-state index contributed by atoms with van der Waals surface area (Å²) in [4.78, 5) is 9.84. The summed E-state index contributed by atoms with van der Waals surface area (Å²) in [6, 6.07) is 0.552. The molecule has 0 radical (unpaired) electrons. The van der Waals surface area contributed by atoms with Crippen LogP contribution in [-0.4, -0.2) is 85.7 Å². The van der Waals surface area contributed by atoms with Gasteiger partial charge in [0, 0.05) is 50.1 Å². The van der Waals surface area contributed by atoms with Gasteiger partial charge in [0.05, 0.1) is 6.54 Å². The summed E-state index contributed by atoms with van der Waals surface area (Å²) in [5.74, 6) is 1.57. The first-order valence-corrected chi connectivity index (χ1v) is 10.5. The van der Waals surface area contributed by atoms with Gasteiger partial charge in [-0.25, -0.2) is 0 Å². The van der Waals surface area contributed by atoms with Crippen LogP contribution >= 0.6 is 35.7 Å². The van der Waals surface area contributed by atoms with Crippen molar-refractivity contribution in [2.75, 3.05) is 59.1 Å². The molecule has 1 unspecified atom stereocenters. The zero-order chi connectivity index (χ0) is 18.2. The van der Waals surface area contributed by atoms with E-state index in [-0.39, 0.29) is 28.7 Å². The molecule has 0 saturated carbocycles. The average molecular weight is 486 g/mol. The number of thioether (sulfide) groups is 1. The van der Waals surface area contributed by atoms with Crippen LogP contribution < -0.4 is 10.6 Å². The molecule has 0 spiro atoms. The van der Waals surface area contributed by atoms with Gasteiger partial charge in [-0.05, 0) is 40.0 Å². The average Bonchev–Trinajstić information content (AvgIpc) is 2.54. The van der Waals surface area contributed by atoms with Gasteiger partial charge in [0.2, 0.25) is 0 Å². The quantitative estimate of drug-likeness (QED) is 0.314. The fourth-order valence-corrected chi connectivity index (χ4v) is 3.01. The molecule has 1 heterocycles. The third kappa shape index (κ3) is 9.68. The summed E-state index contributed by atoms with van der Waals surface area (Å²) in [5.41, 5.74) is 0. The summed E-state index contributed by atoms with van der Waals surface area (Å²) in [6.45, 7) is 18.6. The summed E-state index contributed by atoms with van der Waals surface area (Å²) >= 11 is 1.86. The van der Waals surface area contributed by atoms with Crippen LogP contribution in [0.1, 0.15) is 34.6 Å². The summed E-state index contributed by atoms with van der Waals surface area (Å²) in [7, 11) is 2.21. The minimum atomic E-state index is 0. The molecule has 25 heavy (non-hydrogen) atoms. The van der Waals surface area contributed by atoms with Crippen molar-refractivity contribution in [3.63, 3.8) is 0 Å². The van der Waals surface area contributed by atoms with E-state index in [1.807, 2.05) is 11.8 Å². The summed E-state index contributed by atoms with van der Waals surface area (Å²) in [5, 5.41) is 6.97. The van der Waals surface area contributed by atoms with E-state index < -0.39 is 0 Å². The number of halogens is 1. The molecule has 7 heteroatoms. The number of guanidine groups is 1. The minimum Gasteiger partial charge on any atom is -0.357 e. The first-order valence-electron chi connectivity index (χ1n) is 9.29. The molecule has 0 aromatic rings. The lowest BCUT2D eigenvalue weighted by atomic mass is 10.0. The van der Waals surface area contributed by atoms with E-state index in [4.69, 9.17) is 4.99 Å². The number of rotatable bonds is 8. The van der Waals surface area contributed by atoms with Crippen molar-refractivity contribution in [1.82, 2.24) is 20.4 Å². The molecule has 1 rings (SSSR count). The summed E-state index contributed by atoms with van der Waals surface area (Å²) < 4.78 is 0.178. The van der Waals surface area contributed by atoms with E-state index in [2.05, 4.69) is 68.4 Å². The second-order valence-electron chi connectivity index (χ2n) is 7.69. The molecular formula is C18H40IN5S. The number of piperazine rings is 1. The molecule has 1 aliphatic rings. The van der Waals surface area contributed by atoms with Crippen LogP contribution in [0.3, 0.4) is 0 Å². The minimum absolute atomic E-state index is 0. The molecule has 1 saturated heterocycles. The van der Waals surface area contributed by atoms with Gasteiger partial charge in [-0.15, -0.1) is 24.0 Å². The van der Waals surface area contributed by atoms with Crippen molar-refractivity contribution >= 4 is 41.7 Å². The van der Waals surface area contributed by atoms with E-state index in [0.29, 0.717) is 12.0 Å². The first-order chi connectivity index (χ1) is 11.3. The topological polar surface area (TPSA) is 42.9 Å². The lowest BCUT2D eigenvalue weighted by Gasteiger charge is -2.40. The Kier molecular flexibility index (Phi) is 12.8. The van der Waals surface area contributed by atoms with Crippen LogP contribution in [-0.2, 0) is 0 Å². The second kappa shape index (κ2) is 12.6. The highest BCUT2D eigenvalue weighted by Gasteiger charge is 2.25. The predicted octanol–water partition coefficient (Wildman–Crippen LogP) is 2.57. The van der Waals surface area contributed by atoms with Crippen molar-refractivity contribution in [3.05, 3.63) is 0 Å². The number of nitrogens with zero attached hydrogens (tertiary/aromatic N) is 3. The fourth-order valence-electron chi connectivity index (χ4n) is 2.82. The van der Waals surface area contributed by atoms with Crippen molar-refractivity contribution < 1.29 is 0 Å². The van der Waals surface area contributed by atoms with Gasteiger partial charge in [-0.2, -0.15) is 11.8 Å². The van der Waals surface area contributed by atoms with E-state index >= 15 is 0 Å². The highest BCUT2D eigenvalue weighted by Crippen LogP contribution is 2.21. The van der Waals surface area contributed by atoms with Crippen LogP contribution in [0.4, 0.5) is 0 Å². The van der Waals surface area contributed by atoms with Gasteiger partial charge in [0.1, 0.15) is 0 Å². The Labute approximate surface area is 177 Å².